The summed E-state index contributed by atoms with van der Waals surface area (Å²) in [5.41, 5.74) is 3.95. The minimum Gasteiger partial charge on any atom is -0.293 e. The van der Waals surface area contributed by atoms with Gasteiger partial charge in [0.15, 0.2) is 16.3 Å². The molecule has 3 heterocycles. The number of benzene rings is 1. The summed E-state index contributed by atoms with van der Waals surface area (Å²) in [4.78, 5) is 8.08. The number of anilines is 1. The topological polar surface area (TPSA) is 57.3 Å². The summed E-state index contributed by atoms with van der Waals surface area (Å²) < 4.78 is 32.7. The molecule has 2 atom stereocenters. The number of aryl methyl sites for hydroxylation is 3. The van der Waals surface area contributed by atoms with Crippen molar-refractivity contribution in [3.8, 4) is 0 Å². The van der Waals surface area contributed by atoms with E-state index in [4.69, 9.17) is 0 Å². The first-order chi connectivity index (χ1) is 16.6. The largest absolute Gasteiger partial charge is 0.293 e. The predicted molar refractivity (Wildman–Crippen MR) is 144 cm³/mol. The first-order valence-corrected chi connectivity index (χ1v) is 14.0. The molecular formula is C27H35FN4OS2. The fourth-order valence-corrected chi connectivity index (χ4v) is 6.31. The molecule has 0 aliphatic carbocycles. The van der Waals surface area contributed by atoms with E-state index in [0.29, 0.717) is 6.54 Å². The number of likely N-dealkylation sites (tertiary alicyclic amines) is 1. The number of hydrogen-bond donors (Lipinski definition) is 2. The highest BCUT2D eigenvalue weighted by Gasteiger charge is 2.43. The van der Waals surface area contributed by atoms with E-state index in [1.165, 1.54) is 16.9 Å². The van der Waals surface area contributed by atoms with Crippen LogP contribution in [0.2, 0.25) is 0 Å². The Kier molecular flexibility index (Phi) is 8.06. The van der Waals surface area contributed by atoms with Gasteiger partial charge in [0.2, 0.25) is 0 Å². The minimum atomic E-state index is -1.40. The van der Waals surface area contributed by atoms with Crippen molar-refractivity contribution in [2.45, 2.75) is 52.5 Å². The van der Waals surface area contributed by atoms with Gasteiger partial charge in [-0.1, -0.05) is 23.8 Å². The van der Waals surface area contributed by atoms with Crippen LogP contribution in [0.15, 0.2) is 54.7 Å². The van der Waals surface area contributed by atoms with Crippen LogP contribution in [-0.2, 0) is 23.1 Å². The van der Waals surface area contributed by atoms with Gasteiger partial charge in [-0.2, -0.15) is 4.39 Å². The molecule has 2 unspecified atom stereocenters. The monoisotopic (exact) mass is 514 g/mol. The summed E-state index contributed by atoms with van der Waals surface area (Å²) in [5.74, 6) is 0. The maximum absolute atomic E-state index is 13.6. The van der Waals surface area contributed by atoms with Gasteiger partial charge in [-0.3, -0.25) is 14.6 Å². The molecule has 0 bridgehead atoms. The van der Waals surface area contributed by atoms with Crippen LogP contribution in [0.4, 0.5) is 10.1 Å². The van der Waals surface area contributed by atoms with E-state index < -0.39 is 11.2 Å². The Morgan fingerprint density at radius 2 is 1.91 bits per heavy atom. The molecule has 1 aromatic carbocycles. The van der Waals surface area contributed by atoms with Crippen LogP contribution in [0.5, 0.6) is 0 Å². The van der Waals surface area contributed by atoms with Crippen LogP contribution >= 0.6 is 11.3 Å². The Hall–Kier alpha value is -2.13. The predicted octanol–water partition coefficient (Wildman–Crippen LogP) is 5.74. The van der Waals surface area contributed by atoms with Crippen LogP contribution in [0.3, 0.4) is 0 Å². The summed E-state index contributed by atoms with van der Waals surface area (Å²) in [5, 5.41) is -0.142. The smallest absolute Gasteiger partial charge is 0.193 e. The summed E-state index contributed by atoms with van der Waals surface area (Å²) in [6.45, 7) is 11.0. The second-order valence-corrected chi connectivity index (χ2v) is 12.3. The number of halogens is 1. The van der Waals surface area contributed by atoms with E-state index in [1.807, 2.05) is 50.4 Å². The molecular weight excluding hydrogens is 479 g/mol. The zero-order valence-corrected chi connectivity index (χ0v) is 22.6. The molecule has 0 spiro atoms. The fraction of sp³-hybridized carbons (Fsp3) is 0.444. The van der Waals surface area contributed by atoms with Crippen molar-refractivity contribution in [3.63, 3.8) is 0 Å². The maximum Gasteiger partial charge on any atom is 0.193 e. The Morgan fingerprint density at radius 3 is 2.57 bits per heavy atom. The third kappa shape index (κ3) is 6.55. The van der Waals surface area contributed by atoms with Crippen LogP contribution in [0.25, 0.3) is 0 Å². The summed E-state index contributed by atoms with van der Waals surface area (Å²) in [6.07, 6.45) is 4.68. The highest BCUT2D eigenvalue weighted by Crippen LogP contribution is 2.41. The second-order valence-electron chi connectivity index (χ2n) is 10.2. The minimum absolute atomic E-state index is 0.0690. The average Bonchev–Trinajstić information content (AvgIpc) is 3.45. The molecule has 8 heteroatoms. The van der Waals surface area contributed by atoms with E-state index in [-0.39, 0.29) is 16.1 Å². The van der Waals surface area contributed by atoms with Crippen molar-refractivity contribution in [2.24, 2.45) is 5.41 Å². The molecule has 2 aromatic heterocycles. The summed E-state index contributed by atoms with van der Waals surface area (Å²) in [7, 11) is 0. The molecule has 2 N–H and O–H groups in total. The first kappa shape index (κ1) is 25.9. The van der Waals surface area contributed by atoms with Gasteiger partial charge >= 0.3 is 0 Å². The van der Waals surface area contributed by atoms with Crippen molar-refractivity contribution in [1.29, 1.82) is 0 Å². The summed E-state index contributed by atoms with van der Waals surface area (Å²) in [6, 6.07) is 15.5. The second kappa shape index (κ2) is 10.9. The van der Waals surface area contributed by atoms with Crippen molar-refractivity contribution >= 4 is 28.2 Å². The molecule has 3 aromatic rings. The average molecular weight is 515 g/mol. The standard InChI is InChI=1S/C27H35FN4OS2/c1-20-5-9-23(10-6-20)31-35(33)30-18-27(14-13-24-11-12-25(28)34-24)15-16-32(19-27)26(3,4)22-8-7-21(2)29-17-22/h5-12,17,30-31H,13-16,18-19H2,1-4H3. The molecule has 1 aliphatic heterocycles. The molecule has 1 aliphatic rings. The molecule has 0 amide bonds. The number of rotatable bonds is 10. The van der Waals surface area contributed by atoms with Gasteiger partial charge in [-0.15, -0.1) is 11.3 Å². The fourth-order valence-electron chi connectivity index (χ4n) is 4.72. The Labute approximate surface area is 214 Å². The van der Waals surface area contributed by atoms with Crippen LogP contribution < -0.4 is 9.44 Å². The number of hydrogen-bond acceptors (Lipinski definition) is 4. The zero-order valence-electron chi connectivity index (χ0n) is 20.9. The van der Waals surface area contributed by atoms with Crippen molar-refractivity contribution in [3.05, 3.63) is 81.6 Å². The van der Waals surface area contributed by atoms with Gasteiger partial charge in [0.05, 0.1) is 0 Å². The van der Waals surface area contributed by atoms with Crippen molar-refractivity contribution in [2.75, 3.05) is 24.4 Å². The molecule has 188 valence electrons. The van der Waals surface area contributed by atoms with Crippen LogP contribution in [0.1, 0.15) is 48.4 Å². The number of pyridine rings is 1. The Balaban J connectivity index is 1.46. The van der Waals surface area contributed by atoms with E-state index in [1.54, 1.807) is 6.07 Å². The molecule has 1 saturated heterocycles. The van der Waals surface area contributed by atoms with Gasteiger partial charge in [0.1, 0.15) is 0 Å². The molecule has 35 heavy (non-hydrogen) atoms. The van der Waals surface area contributed by atoms with Crippen LogP contribution in [0, 0.1) is 24.4 Å². The lowest BCUT2D eigenvalue weighted by molar-refractivity contribution is 0.128. The maximum atomic E-state index is 13.6. The van der Waals surface area contributed by atoms with Gasteiger partial charge < -0.3 is 0 Å². The van der Waals surface area contributed by atoms with E-state index >= 15 is 0 Å². The van der Waals surface area contributed by atoms with Crippen molar-refractivity contribution in [1.82, 2.24) is 14.6 Å². The normalized spacial score (nSPS) is 19.7. The zero-order chi connectivity index (χ0) is 25.1. The number of nitrogens with zero attached hydrogens (tertiary/aromatic N) is 2. The first-order valence-electron chi connectivity index (χ1n) is 12.1. The highest BCUT2D eigenvalue weighted by atomic mass is 32.2. The van der Waals surface area contributed by atoms with E-state index in [0.717, 1.165) is 54.2 Å². The van der Waals surface area contributed by atoms with Gasteiger partial charge in [-0.05, 0) is 94.8 Å². The number of aromatic nitrogens is 1. The SMILES string of the molecule is Cc1ccc(NS(=O)NCC2(CCc3ccc(F)s3)CCN(C(C)(C)c3ccc(C)nc3)C2)cc1. The van der Waals surface area contributed by atoms with E-state index in [9.17, 15) is 8.60 Å². The van der Waals surface area contributed by atoms with Gasteiger partial charge in [0.25, 0.3) is 0 Å². The third-order valence-corrected chi connectivity index (χ3v) is 8.98. The molecule has 1 fully saturated rings. The van der Waals surface area contributed by atoms with Crippen molar-refractivity contribution < 1.29 is 8.60 Å². The number of nitrogens with one attached hydrogen (secondary N) is 2. The van der Waals surface area contributed by atoms with Gasteiger partial charge in [0, 0.05) is 41.1 Å². The van der Waals surface area contributed by atoms with Gasteiger partial charge in [-0.25, -0.2) is 8.93 Å². The Morgan fingerprint density at radius 1 is 1.14 bits per heavy atom. The molecule has 0 saturated carbocycles. The lowest BCUT2D eigenvalue weighted by Gasteiger charge is -2.38. The number of thiophene rings is 1. The third-order valence-electron chi connectivity index (χ3n) is 7.22. The lowest BCUT2D eigenvalue weighted by atomic mass is 9.82. The Bertz CT molecular complexity index is 1150. The quantitative estimate of drug-likeness (QED) is 0.363. The highest BCUT2D eigenvalue weighted by molar-refractivity contribution is 7.84. The lowest BCUT2D eigenvalue weighted by Crippen LogP contribution is -2.44. The van der Waals surface area contributed by atoms with Crippen LogP contribution in [-0.4, -0.2) is 33.7 Å². The molecule has 4 rings (SSSR count). The molecule has 0 radical (unpaired) electrons. The molecule has 5 nitrogen and oxygen atoms in total. The van der Waals surface area contributed by atoms with E-state index in [2.05, 4.69) is 45.3 Å². The summed E-state index contributed by atoms with van der Waals surface area (Å²) >= 11 is -0.180.